The summed E-state index contributed by atoms with van der Waals surface area (Å²) in [5.41, 5.74) is 0.657. The van der Waals surface area contributed by atoms with Crippen LogP contribution in [0.15, 0.2) is 34.5 Å². The van der Waals surface area contributed by atoms with Gasteiger partial charge in [0.25, 0.3) is 0 Å². The van der Waals surface area contributed by atoms with Gasteiger partial charge in [-0.2, -0.15) is 5.10 Å². The summed E-state index contributed by atoms with van der Waals surface area (Å²) in [6.45, 7) is 1.31. The van der Waals surface area contributed by atoms with Gasteiger partial charge in [-0.1, -0.05) is 23.9 Å². The van der Waals surface area contributed by atoms with Crippen molar-refractivity contribution in [1.29, 1.82) is 0 Å². The van der Waals surface area contributed by atoms with Crippen molar-refractivity contribution in [2.75, 3.05) is 0 Å². The summed E-state index contributed by atoms with van der Waals surface area (Å²) < 4.78 is 4.95. The van der Waals surface area contributed by atoms with Crippen molar-refractivity contribution in [3.8, 4) is 5.75 Å². The van der Waals surface area contributed by atoms with Crippen LogP contribution in [0.1, 0.15) is 18.9 Å². The quantitative estimate of drug-likeness (QED) is 0.359. The lowest BCUT2D eigenvalue weighted by molar-refractivity contribution is -0.138. The van der Waals surface area contributed by atoms with Gasteiger partial charge >= 0.3 is 11.9 Å². The van der Waals surface area contributed by atoms with E-state index in [0.717, 1.165) is 11.8 Å². The Bertz CT molecular complexity index is 701. The van der Waals surface area contributed by atoms with Gasteiger partial charge in [-0.25, -0.2) is 0 Å². The maximum atomic E-state index is 11.5. The second-order valence-electron chi connectivity index (χ2n) is 4.51. The Morgan fingerprint density at radius 1 is 1.48 bits per heavy atom. The number of rotatable bonds is 5. The molecule has 1 aliphatic heterocycles. The largest absolute Gasteiger partial charge is 0.481 e. The molecule has 120 valence electrons. The van der Waals surface area contributed by atoms with Crippen LogP contribution in [0, 0.1) is 0 Å². The summed E-state index contributed by atoms with van der Waals surface area (Å²) in [6, 6.07) is 6.68. The van der Waals surface area contributed by atoms with Crippen LogP contribution in [0.25, 0.3) is 0 Å². The van der Waals surface area contributed by atoms with Crippen molar-refractivity contribution >= 4 is 41.0 Å². The fourth-order valence-corrected chi connectivity index (χ4v) is 2.63. The Morgan fingerprint density at radius 2 is 2.26 bits per heavy atom. The number of aliphatic carboxylic acids is 1. The van der Waals surface area contributed by atoms with Crippen LogP contribution in [0.2, 0.25) is 0 Å². The van der Waals surface area contributed by atoms with Gasteiger partial charge in [-0.3, -0.25) is 14.4 Å². The molecule has 8 nitrogen and oxygen atoms in total. The topological polar surface area (TPSA) is 117 Å². The van der Waals surface area contributed by atoms with Crippen LogP contribution >= 0.6 is 11.8 Å². The lowest BCUT2D eigenvalue weighted by atomic mass is 10.2. The van der Waals surface area contributed by atoms with Crippen LogP contribution in [0.5, 0.6) is 5.75 Å². The number of carboxylic acid groups (broad SMARTS) is 1. The standard InChI is InChI=1S/C14H13N3O5S/c1-8(18)22-10-4-2-3-9(5-10)7-15-17-14-16-13(21)11(23-14)6-12(19)20/h2-5,7,11H,6H2,1H3,(H,19,20)(H,16,17,21). The molecule has 1 aromatic carbocycles. The number of carbonyl (C=O) groups is 3. The van der Waals surface area contributed by atoms with Gasteiger partial charge in [0.2, 0.25) is 5.91 Å². The third-order valence-electron chi connectivity index (χ3n) is 2.61. The maximum Gasteiger partial charge on any atom is 0.308 e. The second kappa shape index (κ2) is 7.54. The molecular weight excluding hydrogens is 322 g/mol. The number of hydrogen-bond donors (Lipinski definition) is 2. The Morgan fingerprint density at radius 3 is 2.96 bits per heavy atom. The Hall–Kier alpha value is -2.68. The Labute approximate surface area is 135 Å². The van der Waals surface area contributed by atoms with E-state index in [4.69, 9.17) is 9.84 Å². The third kappa shape index (κ3) is 5.22. The van der Waals surface area contributed by atoms with E-state index >= 15 is 0 Å². The number of amidine groups is 1. The number of ether oxygens (including phenoxy) is 1. The fourth-order valence-electron chi connectivity index (χ4n) is 1.72. The van der Waals surface area contributed by atoms with Crippen LogP contribution < -0.4 is 10.1 Å². The minimum atomic E-state index is -1.05. The normalized spacial score (nSPS) is 19.1. The zero-order valence-corrected chi connectivity index (χ0v) is 12.9. The fraction of sp³-hybridized carbons (Fsp3) is 0.214. The van der Waals surface area contributed by atoms with Crippen molar-refractivity contribution in [2.24, 2.45) is 10.2 Å². The number of hydrogen-bond acceptors (Lipinski definition) is 7. The molecule has 1 amide bonds. The summed E-state index contributed by atoms with van der Waals surface area (Å²) in [7, 11) is 0. The molecule has 2 N–H and O–H groups in total. The lowest BCUT2D eigenvalue weighted by Gasteiger charge is -2.00. The number of amides is 1. The van der Waals surface area contributed by atoms with Gasteiger partial charge in [-0.05, 0) is 17.7 Å². The maximum absolute atomic E-state index is 11.5. The molecule has 0 radical (unpaired) electrons. The zero-order chi connectivity index (χ0) is 16.8. The van der Waals surface area contributed by atoms with Crippen molar-refractivity contribution in [3.63, 3.8) is 0 Å². The van der Waals surface area contributed by atoms with E-state index in [-0.39, 0.29) is 11.6 Å². The number of nitrogens with zero attached hydrogens (tertiary/aromatic N) is 2. The molecule has 0 spiro atoms. The van der Waals surface area contributed by atoms with Crippen LogP contribution in [-0.4, -0.2) is 39.6 Å². The van der Waals surface area contributed by atoms with E-state index in [2.05, 4.69) is 15.5 Å². The van der Waals surface area contributed by atoms with E-state index in [1.807, 2.05) is 0 Å². The molecule has 1 aromatic rings. The zero-order valence-electron chi connectivity index (χ0n) is 12.1. The first-order valence-corrected chi connectivity index (χ1v) is 7.41. The van der Waals surface area contributed by atoms with E-state index in [1.165, 1.54) is 13.1 Å². The number of thioether (sulfide) groups is 1. The molecule has 2 rings (SSSR count). The number of carbonyl (C=O) groups excluding carboxylic acids is 2. The van der Waals surface area contributed by atoms with Crippen molar-refractivity contribution < 1.29 is 24.2 Å². The van der Waals surface area contributed by atoms with Gasteiger partial charge in [-0.15, -0.1) is 5.10 Å². The van der Waals surface area contributed by atoms with Crippen molar-refractivity contribution in [3.05, 3.63) is 29.8 Å². The first-order valence-electron chi connectivity index (χ1n) is 6.53. The van der Waals surface area contributed by atoms with Crippen LogP contribution in [-0.2, 0) is 14.4 Å². The summed E-state index contributed by atoms with van der Waals surface area (Å²) in [6.07, 6.45) is 1.15. The monoisotopic (exact) mass is 335 g/mol. The first-order chi connectivity index (χ1) is 10.9. The molecule has 1 fully saturated rings. The summed E-state index contributed by atoms with van der Waals surface area (Å²) >= 11 is 1.02. The Balaban J connectivity index is 2.00. The third-order valence-corrected chi connectivity index (χ3v) is 3.68. The van der Waals surface area contributed by atoms with Gasteiger partial charge in [0.05, 0.1) is 12.6 Å². The van der Waals surface area contributed by atoms with Crippen LogP contribution in [0.3, 0.4) is 0 Å². The molecule has 23 heavy (non-hydrogen) atoms. The minimum absolute atomic E-state index is 0.244. The molecule has 0 bridgehead atoms. The summed E-state index contributed by atoms with van der Waals surface area (Å²) in [4.78, 5) is 33.0. The highest BCUT2D eigenvalue weighted by atomic mass is 32.2. The average molecular weight is 335 g/mol. The highest BCUT2D eigenvalue weighted by Gasteiger charge is 2.32. The van der Waals surface area contributed by atoms with E-state index in [1.54, 1.807) is 24.3 Å². The van der Waals surface area contributed by atoms with E-state index < -0.39 is 23.1 Å². The van der Waals surface area contributed by atoms with Gasteiger partial charge in [0.1, 0.15) is 11.0 Å². The Kier molecular flexibility index (Phi) is 5.47. The average Bonchev–Trinajstić information content (AvgIpc) is 2.78. The number of benzene rings is 1. The molecular formula is C14H13N3O5S. The van der Waals surface area contributed by atoms with Gasteiger partial charge < -0.3 is 15.2 Å². The smallest absolute Gasteiger partial charge is 0.308 e. The van der Waals surface area contributed by atoms with Crippen LogP contribution in [0.4, 0.5) is 0 Å². The highest BCUT2D eigenvalue weighted by Crippen LogP contribution is 2.22. The number of carboxylic acids is 1. The summed E-state index contributed by atoms with van der Waals surface area (Å²) in [5.74, 6) is -1.49. The molecule has 1 unspecified atom stereocenters. The molecule has 1 saturated heterocycles. The molecule has 0 saturated carbocycles. The number of nitrogens with one attached hydrogen (secondary N) is 1. The molecule has 1 heterocycles. The molecule has 1 atom stereocenters. The van der Waals surface area contributed by atoms with Gasteiger partial charge in [0.15, 0.2) is 5.17 Å². The summed E-state index contributed by atoms with van der Waals surface area (Å²) in [5, 5.41) is 18.4. The molecule has 9 heteroatoms. The predicted molar refractivity (Wildman–Crippen MR) is 84.6 cm³/mol. The highest BCUT2D eigenvalue weighted by molar-refractivity contribution is 8.15. The van der Waals surface area contributed by atoms with E-state index in [9.17, 15) is 14.4 Å². The minimum Gasteiger partial charge on any atom is -0.481 e. The molecule has 0 aromatic heterocycles. The second-order valence-corrected chi connectivity index (χ2v) is 5.70. The first kappa shape index (κ1) is 16.7. The lowest BCUT2D eigenvalue weighted by Crippen LogP contribution is -2.26. The molecule has 1 aliphatic rings. The van der Waals surface area contributed by atoms with E-state index in [0.29, 0.717) is 11.3 Å². The number of esters is 1. The van der Waals surface area contributed by atoms with Gasteiger partial charge in [0, 0.05) is 6.92 Å². The van der Waals surface area contributed by atoms with Crippen molar-refractivity contribution in [1.82, 2.24) is 5.32 Å². The predicted octanol–water partition coefficient (Wildman–Crippen LogP) is 1.01. The molecule has 0 aliphatic carbocycles. The SMILES string of the molecule is CC(=O)Oc1cccc(C=NN=C2NC(=O)C(CC(=O)O)S2)c1. The van der Waals surface area contributed by atoms with Crippen molar-refractivity contribution in [2.45, 2.75) is 18.6 Å².